The van der Waals surface area contributed by atoms with Crippen molar-refractivity contribution in [1.29, 1.82) is 0 Å². The first-order valence-corrected chi connectivity index (χ1v) is 7.75. The molecule has 5 nitrogen and oxygen atoms in total. The van der Waals surface area contributed by atoms with E-state index in [4.69, 9.17) is 10.8 Å². The highest BCUT2D eigenvalue weighted by atomic mass is 32.2. The molecule has 0 saturated heterocycles. The maximum atomic E-state index is 12.0. The maximum Gasteiger partial charge on any atom is 0.305 e. The van der Waals surface area contributed by atoms with Crippen molar-refractivity contribution in [3.8, 4) is 0 Å². The van der Waals surface area contributed by atoms with Gasteiger partial charge in [-0.3, -0.25) is 9.59 Å². The largest absolute Gasteiger partial charge is 0.481 e. The topological polar surface area (TPSA) is 92.4 Å². The number of benzene rings is 1. The first kappa shape index (κ1) is 16.5. The molecule has 1 rings (SSSR count). The van der Waals surface area contributed by atoms with Crippen LogP contribution in [0.2, 0.25) is 0 Å². The van der Waals surface area contributed by atoms with Crippen LogP contribution < -0.4 is 11.1 Å². The lowest BCUT2D eigenvalue weighted by Gasteiger charge is -2.20. The second-order valence-corrected chi connectivity index (χ2v) is 5.44. The molecular weight excluding hydrogens is 276 g/mol. The summed E-state index contributed by atoms with van der Waals surface area (Å²) in [5, 5.41) is 11.7. The Bertz CT molecular complexity index is 439. The fraction of sp³-hybridized carbons (Fsp3) is 0.429. The van der Waals surface area contributed by atoms with Crippen molar-refractivity contribution in [2.45, 2.75) is 24.9 Å². The smallest absolute Gasteiger partial charge is 0.305 e. The molecule has 0 aliphatic carbocycles. The van der Waals surface area contributed by atoms with Gasteiger partial charge in [0.2, 0.25) is 5.91 Å². The number of carbonyl (C=O) groups excluding carboxylic acids is 1. The molecule has 1 amide bonds. The average Bonchev–Trinajstić information content (AvgIpc) is 2.44. The lowest BCUT2D eigenvalue weighted by molar-refractivity contribution is -0.137. The van der Waals surface area contributed by atoms with Crippen LogP contribution in [0.15, 0.2) is 30.3 Å². The van der Waals surface area contributed by atoms with Gasteiger partial charge < -0.3 is 16.2 Å². The van der Waals surface area contributed by atoms with Crippen molar-refractivity contribution in [3.05, 3.63) is 35.9 Å². The Hall–Kier alpha value is -1.53. The zero-order valence-electron chi connectivity index (χ0n) is 11.4. The highest BCUT2D eigenvalue weighted by Gasteiger charge is 2.21. The summed E-state index contributed by atoms with van der Waals surface area (Å²) in [6.45, 7) is 0. The quantitative estimate of drug-likeness (QED) is 0.674. The van der Waals surface area contributed by atoms with Gasteiger partial charge in [0.1, 0.15) is 0 Å². The van der Waals surface area contributed by atoms with Crippen LogP contribution in [0.3, 0.4) is 0 Å². The van der Waals surface area contributed by atoms with E-state index in [-0.39, 0.29) is 12.3 Å². The SMILES string of the molecule is CSCC[C@H](N)C(=O)NC(CC(=O)O)c1ccccc1. The van der Waals surface area contributed by atoms with E-state index in [0.717, 1.165) is 11.3 Å². The van der Waals surface area contributed by atoms with Gasteiger partial charge in [0, 0.05) is 0 Å². The molecule has 0 radical (unpaired) electrons. The van der Waals surface area contributed by atoms with E-state index in [1.54, 1.807) is 23.9 Å². The first-order valence-electron chi connectivity index (χ1n) is 6.36. The molecule has 0 bridgehead atoms. The molecule has 110 valence electrons. The van der Waals surface area contributed by atoms with Crippen LogP contribution in [0, 0.1) is 0 Å². The van der Waals surface area contributed by atoms with Gasteiger partial charge >= 0.3 is 5.97 Å². The van der Waals surface area contributed by atoms with Crippen LogP contribution in [0.5, 0.6) is 0 Å². The summed E-state index contributed by atoms with van der Waals surface area (Å²) in [5.74, 6) is -0.477. The third kappa shape index (κ3) is 5.63. The van der Waals surface area contributed by atoms with E-state index in [0.29, 0.717) is 6.42 Å². The minimum atomic E-state index is -0.961. The monoisotopic (exact) mass is 296 g/mol. The summed E-state index contributed by atoms with van der Waals surface area (Å²) in [4.78, 5) is 22.9. The minimum Gasteiger partial charge on any atom is -0.481 e. The molecule has 0 heterocycles. The normalized spacial score (nSPS) is 13.5. The predicted octanol–water partition coefficient (Wildman–Crippen LogP) is 1.40. The Morgan fingerprint density at radius 1 is 1.35 bits per heavy atom. The molecule has 0 aliphatic rings. The Labute approximate surface area is 122 Å². The molecule has 0 fully saturated rings. The van der Waals surface area contributed by atoms with Crippen LogP contribution >= 0.6 is 11.8 Å². The van der Waals surface area contributed by atoms with Gasteiger partial charge in [-0.1, -0.05) is 30.3 Å². The number of aliphatic carboxylic acids is 1. The van der Waals surface area contributed by atoms with E-state index >= 15 is 0 Å². The summed E-state index contributed by atoms with van der Waals surface area (Å²) in [7, 11) is 0. The van der Waals surface area contributed by atoms with Gasteiger partial charge in [0.05, 0.1) is 18.5 Å². The van der Waals surface area contributed by atoms with E-state index in [2.05, 4.69) is 5.32 Å². The molecule has 0 spiro atoms. The Morgan fingerprint density at radius 2 is 2.00 bits per heavy atom. The van der Waals surface area contributed by atoms with Gasteiger partial charge in [0.15, 0.2) is 0 Å². The lowest BCUT2D eigenvalue weighted by atomic mass is 10.0. The number of amides is 1. The van der Waals surface area contributed by atoms with Crippen molar-refractivity contribution in [3.63, 3.8) is 0 Å². The lowest BCUT2D eigenvalue weighted by Crippen LogP contribution is -2.43. The number of thioether (sulfide) groups is 1. The number of carboxylic acid groups (broad SMARTS) is 1. The maximum absolute atomic E-state index is 12.0. The number of nitrogens with two attached hydrogens (primary N) is 1. The molecule has 0 saturated carbocycles. The molecular formula is C14H20N2O3S. The van der Waals surface area contributed by atoms with Crippen LogP contribution in [-0.4, -0.2) is 35.0 Å². The first-order chi connectivity index (χ1) is 9.54. The summed E-state index contributed by atoms with van der Waals surface area (Å²) in [6, 6.07) is 7.88. The summed E-state index contributed by atoms with van der Waals surface area (Å²) in [6.07, 6.45) is 2.36. The number of nitrogens with one attached hydrogen (secondary N) is 1. The molecule has 20 heavy (non-hydrogen) atoms. The van der Waals surface area contributed by atoms with Crippen molar-refractivity contribution >= 4 is 23.6 Å². The molecule has 1 aromatic rings. The van der Waals surface area contributed by atoms with Gasteiger partial charge in [-0.2, -0.15) is 11.8 Å². The predicted molar refractivity (Wildman–Crippen MR) is 80.6 cm³/mol. The van der Waals surface area contributed by atoms with E-state index in [1.807, 2.05) is 24.5 Å². The number of hydrogen-bond donors (Lipinski definition) is 3. The molecule has 6 heteroatoms. The molecule has 1 aromatic carbocycles. The number of rotatable bonds is 8. The second-order valence-electron chi connectivity index (χ2n) is 4.46. The van der Waals surface area contributed by atoms with E-state index in [9.17, 15) is 9.59 Å². The second kappa shape index (κ2) is 8.60. The molecule has 0 aromatic heterocycles. The highest BCUT2D eigenvalue weighted by molar-refractivity contribution is 7.98. The zero-order valence-corrected chi connectivity index (χ0v) is 12.2. The Kier molecular flexibility index (Phi) is 7.11. The van der Waals surface area contributed by atoms with Crippen molar-refractivity contribution in [2.75, 3.05) is 12.0 Å². The summed E-state index contributed by atoms with van der Waals surface area (Å²) in [5.41, 5.74) is 6.55. The van der Waals surface area contributed by atoms with Gasteiger partial charge in [0.25, 0.3) is 0 Å². The van der Waals surface area contributed by atoms with Gasteiger partial charge in [-0.05, 0) is 24.0 Å². The number of hydrogen-bond acceptors (Lipinski definition) is 4. The summed E-state index contributed by atoms with van der Waals surface area (Å²) >= 11 is 1.62. The van der Waals surface area contributed by atoms with E-state index < -0.39 is 18.1 Å². The third-order valence-electron chi connectivity index (χ3n) is 2.87. The zero-order chi connectivity index (χ0) is 15.0. The fourth-order valence-electron chi connectivity index (χ4n) is 1.77. The standard InChI is InChI=1S/C14H20N2O3S/c1-20-8-7-11(15)14(19)16-12(9-13(17)18)10-5-3-2-4-6-10/h2-6,11-12H,7-9,15H2,1H3,(H,16,19)(H,17,18)/t11-,12?/m0/s1. The van der Waals surface area contributed by atoms with Crippen molar-refractivity contribution < 1.29 is 14.7 Å². The Morgan fingerprint density at radius 3 is 2.55 bits per heavy atom. The molecule has 0 aliphatic heterocycles. The van der Waals surface area contributed by atoms with Crippen molar-refractivity contribution in [2.24, 2.45) is 5.73 Å². The van der Waals surface area contributed by atoms with Crippen LogP contribution in [0.25, 0.3) is 0 Å². The van der Waals surface area contributed by atoms with Crippen LogP contribution in [-0.2, 0) is 9.59 Å². The molecule has 4 N–H and O–H groups in total. The van der Waals surface area contributed by atoms with Gasteiger partial charge in [-0.25, -0.2) is 0 Å². The van der Waals surface area contributed by atoms with Crippen molar-refractivity contribution in [1.82, 2.24) is 5.32 Å². The van der Waals surface area contributed by atoms with Gasteiger partial charge in [-0.15, -0.1) is 0 Å². The fourth-order valence-corrected chi connectivity index (χ4v) is 2.26. The Balaban J connectivity index is 2.70. The number of carboxylic acids is 1. The van der Waals surface area contributed by atoms with Crippen LogP contribution in [0.1, 0.15) is 24.4 Å². The average molecular weight is 296 g/mol. The number of carbonyl (C=O) groups is 2. The third-order valence-corrected chi connectivity index (χ3v) is 3.51. The highest BCUT2D eigenvalue weighted by Crippen LogP contribution is 2.16. The molecule has 1 unspecified atom stereocenters. The van der Waals surface area contributed by atoms with Crippen LogP contribution in [0.4, 0.5) is 0 Å². The summed E-state index contributed by atoms with van der Waals surface area (Å²) < 4.78 is 0. The molecule has 2 atom stereocenters. The van der Waals surface area contributed by atoms with E-state index in [1.165, 1.54) is 0 Å². The minimum absolute atomic E-state index is 0.162.